The van der Waals surface area contributed by atoms with E-state index in [1.54, 1.807) is 31.7 Å². The molecule has 1 fully saturated rings. The van der Waals surface area contributed by atoms with E-state index < -0.39 is 35.1 Å². The summed E-state index contributed by atoms with van der Waals surface area (Å²) in [4.78, 5) is 46.7. The number of fused-ring (bicyclic) bond motifs is 1. The first-order chi connectivity index (χ1) is 21.3. The number of nitriles is 1. The molecule has 2 aliphatic rings. The van der Waals surface area contributed by atoms with Crippen LogP contribution in [0.25, 0.3) is 0 Å². The summed E-state index contributed by atoms with van der Waals surface area (Å²) in [6.45, 7) is 9.74. The number of carbonyl (C=O) groups excluding carboxylic acids is 3. The number of ketones is 1. The zero-order valence-electron chi connectivity index (χ0n) is 25.9. The standard InChI is InChI=1S/C32H30ClFN4O5.C2H6/c1-31(2,3)43-30(41)37-12-10-20(11-13-37)28(39)21-14-25-27(26(34)15-21)32(42,22-5-7-23(33)8-6-22)38(29(25)40)18-24-9-4-19(16-35)17-36-24;1-2/h4-9,14-15,17,20,42H,10-13,18H2,1-3H3;1-2H3. The Morgan fingerprint density at radius 1 is 1.13 bits per heavy atom. The van der Waals surface area contributed by atoms with Gasteiger partial charge in [0, 0.05) is 41.4 Å². The topological polar surface area (TPSA) is 124 Å². The Balaban J connectivity index is 0.00000226. The highest BCUT2D eigenvalue weighted by Crippen LogP contribution is 2.45. The van der Waals surface area contributed by atoms with Crippen LogP contribution < -0.4 is 0 Å². The number of aliphatic hydroxyl groups is 1. The zero-order valence-corrected chi connectivity index (χ0v) is 26.7. The number of amides is 2. The molecule has 2 aliphatic heterocycles. The number of benzene rings is 2. The molecule has 1 N–H and O–H groups in total. The molecule has 1 aromatic heterocycles. The van der Waals surface area contributed by atoms with Gasteiger partial charge in [-0.3, -0.25) is 19.5 Å². The number of likely N-dealkylation sites (tertiary alicyclic amines) is 1. The summed E-state index contributed by atoms with van der Waals surface area (Å²) in [6.07, 6.45) is 1.60. The molecule has 0 saturated carbocycles. The first-order valence-corrected chi connectivity index (χ1v) is 15.2. The Bertz CT molecular complexity index is 1620. The molecule has 3 heterocycles. The second kappa shape index (κ2) is 13.3. The molecule has 1 saturated heterocycles. The van der Waals surface area contributed by atoms with Crippen molar-refractivity contribution in [3.05, 3.63) is 99.1 Å². The Labute approximate surface area is 267 Å². The molecule has 5 rings (SSSR count). The van der Waals surface area contributed by atoms with Gasteiger partial charge in [-0.2, -0.15) is 5.26 Å². The zero-order chi connectivity index (χ0) is 33.1. The van der Waals surface area contributed by atoms with Gasteiger partial charge in [0.25, 0.3) is 5.91 Å². The van der Waals surface area contributed by atoms with Gasteiger partial charge in [-0.25, -0.2) is 9.18 Å². The lowest BCUT2D eigenvalue weighted by molar-refractivity contribution is -0.0567. The lowest BCUT2D eigenvalue weighted by Gasteiger charge is -2.35. The van der Waals surface area contributed by atoms with Gasteiger partial charge >= 0.3 is 6.09 Å². The molecule has 2 aromatic carbocycles. The van der Waals surface area contributed by atoms with E-state index in [0.29, 0.717) is 42.2 Å². The van der Waals surface area contributed by atoms with E-state index in [9.17, 15) is 19.5 Å². The fraction of sp³-hybridized carbons (Fsp3) is 0.382. The molecule has 9 nitrogen and oxygen atoms in total. The fourth-order valence-electron chi connectivity index (χ4n) is 5.50. The van der Waals surface area contributed by atoms with Gasteiger partial charge < -0.3 is 14.7 Å². The van der Waals surface area contributed by atoms with Gasteiger partial charge in [-0.05, 0) is 70.0 Å². The highest BCUT2D eigenvalue weighted by Gasteiger charge is 2.52. The number of Topliss-reactive ketones (excluding diaryl/α,β-unsaturated/α-hetero) is 1. The molecular weight excluding hydrogens is 599 g/mol. The largest absolute Gasteiger partial charge is 0.444 e. The van der Waals surface area contributed by atoms with Gasteiger partial charge in [0.05, 0.1) is 28.9 Å². The maximum Gasteiger partial charge on any atom is 0.410 e. The van der Waals surface area contributed by atoms with Gasteiger partial charge in [0.1, 0.15) is 17.5 Å². The van der Waals surface area contributed by atoms with Crippen LogP contribution in [0.4, 0.5) is 9.18 Å². The minimum atomic E-state index is -2.23. The van der Waals surface area contributed by atoms with Crippen molar-refractivity contribution in [3.8, 4) is 6.07 Å². The summed E-state index contributed by atoms with van der Waals surface area (Å²) in [5.41, 5.74) is -2.39. The molecule has 11 heteroatoms. The van der Waals surface area contributed by atoms with E-state index in [1.807, 2.05) is 19.9 Å². The molecule has 1 atom stereocenters. The highest BCUT2D eigenvalue weighted by molar-refractivity contribution is 6.30. The molecule has 3 aromatic rings. The Kier molecular flexibility index (Phi) is 9.95. The van der Waals surface area contributed by atoms with E-state index in [2.05, 4.69) is 4.98 Å². The number of nitrogens with zero attached hydrogens (tertiary/aromatic N) is 4. The molecule has 0 aliphatic carbocycles. The summed E-state index contributed by atoms with van der Waals surface area (Å²) in [5.74, 6) is -2.43. The molecule has 0 bridgehead atoms. The maximum atomic E-state index is 16.0. The fourth-order valence-corrected chi connectivity index (χ4v) is 5.63. The van der Waals surface area contributed by atoms with Crippen molar-refractivity contribution in [2.24, 2.45) is 5.92 Å². The predicted molar refractivity (Wildman–Crippen MR) is 166 cm³/mol. The summed E-state index contributed by atoms with van der Waals surface area (Å²) >= 11 is 6.06. The lowest BCUT2D eigenvalue weighted by atomic mass is 9.86. The number of piperidine rings is 1. The molecule has 0 radical (unpaired) electrons. The summed E-state index contributed by atoms with van der Waals surface area (Å²) in [7, 11) is 0. The second-order valence-electron chi connectivity index (χ2n) is 11.7. The maximum absolute atomic E-state index is 16.0. The Hall–Kier alpha value is -4.33. The van der Waals surface area contributed by atoms with E-state index in [0.717, 1.165) is 11.0 Å². The molecule has 236 valence electrons. The quantitative estimate of drug-likeness (QED) is 0.320. The van der Waals surface area contributed by atoms with E-state index >= 15 is 4.39 Å². The number of carbonyl (C=O) groups is 3. The minimum Gasteiger partial charge on any atom is -0.444 e. The van der Waals surface area contributed by atoms with Crippen molar-refractivity contribution in [1.29, 1.82) is 5.26 Å². The van der Waals surface area contributed by atoms with Crippen LogP contribution in [-0.2, 0) is 17.0 Å². The monoisotopic (exact) mass is 634 g/mol. The van der Waals surface area contributed by atoms with Crippen molar-refractivity contribution in [1.82, 2.24) is 14.8 Å². The third-order valence-corrected chi connectivity index (χ3v) is 7.88. The number of hydrogen-bond acceptors (Lipinski definition) is 7. The van der Waals surface area contributed by atoms with E-state index in [1.165, 1.54) is 42.6 Å². The first kappa shape index (κ1) is 33.6. The minimum absolute atomic E-state index is 0.0112. The summed E-state index contributed by atoms with van der Waals surface area (Å²) in [6, 6.07) is 13.5. The van der Waals surface area contributed by atoms with Gasteiger partial charge in [0.2, 0.25) is 0 Å². The summed E-state index contributed by atoms with van der Waals surface area (Å²) < 4.78 is 21.4. The molecule has 2 amide bonds. The van der Waals surface area contributed by atoms with Crippen LogP contribution in [0.15, 0.2) is 54.7 Å². The van der Waals surface area contributed by atoms with Gasteiger partial charge in [0.15, 0.2) is 11.5 Å². The smallest absolute Gasteiger partial charge is 0.410 e. The highest BCUT2D eigenvalue weighted by atomic mass is 35.5. The van der Waals surface area contributed by atoms with Crippen molar-refractivity contribution in [2.75, 3.05) is 13.1 Å². The van der Waals surface area contributed by atoms with E-state index in [-0.39, 0.29) is 34.6 Å². The van der Waals surface area contributed by atoms with E-state index in [4.69, 9.17) is 21.6 Å². The lowest BCUT2D eigenvalue weighted by Crippen LogP contribution is -2.44. The van der Waals surface area contributed by atoms with Crippen LogP contribution in [0.1, 0.15) is 90.6 Å². The number of aromatic nitrogens is 1. The molecule has 1 unspecified atom stereocenters. The van der Waals surface area contributed by atoms with Crippen LogP contribution in [0.5, 0.6) is 0 Å². The number of rotatable bonds is 5. The third-order valence-electron chi connectivity index (χ3n) is 7.63. The summed E-state index contributed by atoms with van der Waals surface area (Å²) in [5, 5.41) is 21.6. The van der Waals surface area contributed by atoms with Crippen LogP contribution >= 0.6 is 11.6 Å². The average molecular weight is 635 g/mol. The van der Waals surface area contributed by atoms with Crippen molar-refractivity contribution >= 4 is 29.4 Å². The number of ether oxygens (including phenoxy) is 1. The van der Waals surface area contributed by atoms with Crippen LogP contribution in [0.2, 0.25) is 5.02 Å². The van der Waals surface area contributed by atoms with Crippen LogP contribution in [0.3, 0.4) is 0 Å². The first-order valence-electron chi connectivity index (χ1n) is 14.8. The number of pyridine rings is 1. The number of halogens is 2. The molecular formula is C34H36ClFN4O5. The SMILES string of the molecule is CC.CC(C)(C)OC(=O)N1CCC(C(=O)c2cc(F)c3c(c2)C(=O)N(Cc2ccc(C#N)cn2)C3(O)c2ccc(Cl)cc2)CC1. The van der Waals surface area contributed by atoms with Crippen LogP contribution in [0, 0.1) is 23.1 Å². The Morgan fingerprint density at radius 2 is 1.78 bits per heavy atom. The number of hydrogen-bond donors (Lipinski definition) is 1. The van der Waals surface area contributed by atoms with Crippen molar-refractivity contribution in [2.45, 2.75) is 65.3 Å². The van der Waals surface area contributed by atoms with Gasteiger partial charge in [-0.15, -0.1) is 0 Å². The average Bonchev–Trinajstić information content (AvgIpc) is 3.24. The van der Waals surface area contributed by atoms with Gasteiger partial charge in [-0.1, -0.05) is 37.6 Å². The van der Waals surface area contributed by atoms with Crippen molar-refractivity contribution in [3.63, 3.8) is 0 Å². The Morgan fingerprint density at radius 3 is 2.33 bits per heavy atom. The predicted octanol–water partition coefficient (Wildman–Crippen LogP) is 6.45. The normalized spacial score (nSPS) is 18.1. The third kappa shape index (κ3) is 6.85. The van der Waals surface area contributed by atoms with Crippen molar-refractivity contribution < 1.29 is 28.6 Å². The van der Waals surface area contributed by atoms with Crippen LogP contribution in [-0.4, -0.2) is 56.4 Å². The second-order valence-corrected chi connectivity index (χ2v) is 12.1. The molecule has 0 spiro atoms. The molecule has 45 heavy (non-hydrogen) atoms.